The molecule has 0 amide bonds. The number of nitrogens with zero attached hydrogens (tertiary/aromatic N) is 1. The van der Waals surface area contributed by atoms with Crippen molar-refractivity contribution < 1.29 is 0 Å². The number of hydrogen-bond acceptors (Lipinski definition) is 2. The third kappa shape index (κ3) is 1.91. The number of hydrogen-bond donors (Lipinski definition) is 3. The Morgan fingerprint density at radius 3 is 2.89 bits per heavy atom. The van der Waals surface area contributed by atoms with Gasteiger partial charge >= 0.3 is 0 Å². The van der Waals surface area contributed by atoms with Gasteiger partial charge in [-0.1, -0.05) is 12.1 Å². The van der Waals surface area contributed by atoms with Gasteiger partial charge in [0, 0.05) is 34.9 Å². The summed E-state index contributed by atoms with van der Waals surface area (Å²) in [7, 11) is 0. The molecule has 1 unspecified atom stereocenters. The number of aromatic amines is 2. The van der Waals surface area contributed by atoms with Gasteiger partial charge < -0.3 is 10.7 Å². The Kier molecular flexibility index (Phi) is 2.64. The zero-order valence-corrected chi connectivity index (χ0v) is 10.3. The lowest BCUT2D eigenvalue weighted by Crippen LogP contribution is -2.17. The predicted octanol–water partition coefficient (Wildman–Crippen LogP) is 2.45. The molecule has 2 heterocycles. The molecule has 0 saturated heterocycles. The van der Waals surface area contributed by atoms with Gasteiger partial charge in [-0.05, 0) is 30.5 Å². The minimum atomic E-state index is 0.178. The van der Waals surface area contributed by atoms with Gasteiger partial charge in [0.2, 0.25) is 0 Å². The standard InChI is InChI=1S/C14H16N4/c1-9(15)4-11-6-16-14-5-10(2-3-13(11)14)12-7-17-18-8-12/h2-3,5-9,16H,4,15H2,1H3,(H,17,18). The zero-order valence-electron chi connectivity index (χ0n) is 10.3. The molecule has 0 aliphatic rings. The van der Waals surface area contributed by atoms with E-state index in [4.69, 9.17) is 5.73 Å². The molecule has 1 atom stereocenters. The summed E-state index contributed by atoms with van der Waals surface area (Å²) in [4.78, 5) is 3.31. The maximum absolute atomic E-state index is 5.86. The molecule has 92 valence electrons. The van der Waals surface area contributed by atoms with Crippen LogP contribution in [-0.4, -0.2) is 21.2 Å². The quantitative estimate of drug-likeness (QED) is 0.658. The fourth-order valence-electron chi connectivity index (χ4n) is 2.29. The van der Waals surface area contributed by atoms with E-state index in [0.29, 0.717) is 0 Å². The highest BCUT2D eigenvalue weighted by Gasteiger charge is 2.07. The summed E-state index contributed by atoms with van der Waals surface area (Å²) in [6.45, 7) is 2.03. The van der Waals surface area contributed by atoms with Gasteiger partial charge in [-0.2, -0.15) is 5.10 Å². The molecule has 4 N–H and O–H groups in total. The van der Waals surface area contributed by atoms with Gasteiger partial charge in [-0.15, -0.1) is 0 Å². The summed E-state index contributed by atoms with van der Waals surface area (Å²) in [6.07, 6.45) is 6.66. The maximum Gasteiger partial charge on any atom is 0.0565 e. The summed E-state index contributed by atoms with van der Waals surface area (Å²) in [5, 5.41) is 8.05. The molecule has 4 heteroatoms. The van der Waals surface area contributed by atoms with Crippen LogP contribution in [0.5, 0.6) is 0 Å². The highest BCUT2D eigenvalue weighted by Crippen LogP contribution is 2.25. The lowest BCUT2D eigenvalue weighted by atomic mass is 10.0. The molecule has 0 saturated carbocycles. The van der Waals surface area contributed by atoms with Crippen LogP contribution in [0.15, 0.2) is 36.8 Å². The average Bonchev–Trinajstić information content (AvgIpc) is 2.97. The molecule has 0 bridgehead atoms. The topological polar surface area (TPSA) is 70.5 Å². The molecule has 0 spiro atoms. The smallest absolute Gasteiger partial charge is 0.0565 e. The molecule has 1 aromatic carbocycles. The SMILES string of the molecule is CC(N)Cc1c[nH]c2cc(-c3cn[nH]c3)ccc12. The minimum Gasteiger partial charge on any atom is -0.361 e. The van der Waals surface area contributed by atoms with Gasteiger partial charge in [0.1, 0.15) is 0 Å². The predicted molar refractivity (Wildman–Crippen MR) is 73.2 cm³/mol. The highest BCUT2D eigenvalue weighted by atomic mass is 15.1. The summed E-state index contributed by atoms with van der Waals surface area (Å²) in [5.41, 5.74) is 10.5. The zero-order chi connectivity index (χ0) is 12.5. The van der Waals surface area contributed by atoms with Crippen molar-refractivity contribution in [1.29, 1.82) is 0 Å². The maximum atomic E-state index is 5.86. The number of fused-ring (bicyclic) bond motifs is 1. The molecule has 0 aliphatic carbocycles. The van der Waals surface area contributed by atoms with Crippen LogP contribution >= 0.6 is 0 Å². The Hall–Kier alpha value is -2.07. The lowest BCUT2D eigenvalue weighted by Gasteiger charge is -2.03. The van der Waals surface area contributed by atoms with E-state index < -0.39 is 0 Å². The van der Waals surface area contributed by atoms with Crippen LogP contribution in [0.4, 0.5) is 0 Å². The molecule has 0 radical (unpaired) electrons. The summed E-state index contributed by atoms with van der Waals surface area (Å²) < 4.78 is 0. The molecule has 4 nitrogen and oxygen atoms in total. The van der Waals surface area contributed by atoms with Crippen molar-refractivity contribution in [2.75, 3.05) is 0 Å². The van der Waals surface area contributed by atoms with E-state index in [1.807, 2.05) is 25.5 Å². The van der Waals surface area contributed by atoms with E-state index in [1.54, 1.807) is 0 Å². The van der Waals surface area contributed by atoms with Crippen molar-refractivity contribution in [2.24, 2.45) is 5.73 Å². The van der Waals surface area contributed by atoms with E-state index in [0.717, 1.165) is 23.1 Å². The van der Waals surface area contributed by atoms with Crippen LogP contribution in [0.1, 0.15) is 12.5 Å². The first-order valence-electron chi connectivity index (χ1n) is 6.09. The van der Waals surface area contributed by atoms with Gasteiger partial charge in [-0.3, -0.25) is 5.10 Å². The number of rotatable bonds is 3. The second kappa shape index (κ2) is 4.31. The molecule has 18 heavy (non-hydrogen) atoms. The number of H-pyrrole nitrogens is 2. The first-order valence-corrected chi connectivity index (χ1v) is 6.09. The van der Waals surface area contributed by atoms with Crippen molar-refractivity contribution in [2.45, 2.75) is 19.4 Å². The monoisotopic (exact) mass is 240 g/mol. The van der Waals surface area contributed by atoms with Crippen molar-refractivity contribution in [3.8, 4) is 11.1 Å². The summed E-state index contributed by atoms with van der Waals surface area (Å²) in [6, 6.07) is 6.58. The first-order chi connectivity index (χ1) is 8.74. The Balaban J connectivity index is 2.04. The number of nitrogens with two attached hydrogens (primary N) is 1. The third-order valence-electron chi connectivity index (χ3n) is 3.14. The van der Waals surface area contributed by atoms with Crippen LogP contribution in [0.2, 0.25) is 0 Å². The second-order valence-corrected chi connectivity index (χ2v) is 4.74. The fraction of sp³-hybridized carbons (Fsp3) is 0.214. The summed E-state index contributed by atoms with van der Waals surface area (Å²) in [5.74, 6) is 0. The molecular formula is C14H16N4. The van der Waals surface area contributed by atoms with Gasteiger partial charge in [0.05, 0.1) is 6.20 Å². The Labute approximate surface area is 105 Å². The normalized spacial score (nSPS) is 13.0. The molecule has 2 aromatic heterocycles. The molecule has 3 aromatic rings. The highest BCUT2D eigenvalue weighted by molar-refractivity contribution is 5.87. The molecule has 0 fully saturated rings. The Morgan fingerprint density at radius 1 is 1.28 bits per heavy atom. The van der Waals surface area contributed by atoms with Gasteiger partial charge in [0.25, 0.3) is 0 Å². The Bertz CT molecular complexity index is 650. The molecule has 3 rings (SSSR count). The van der Waals surface area contributed by atoms with Crippen LogP contribution in [-0.2, 0) is 6.42 Å². The van der Waals surface area contributed by atoms with Crippen molar-refractivity contribution in [3.63, 3.8) is 0 Å². The average molecular weight is 240 g/mol. The largest absolute Gasteiger partial charge is 0.361 e. The van der Waals surface area contributed by atoms with E-state index in [2.05, 4.69) is 33.4 Å². The van der Waals surface area contributed by atoms with Crippen LogP contribution in [0.25, 0.3) is 22.0 Å². The van der Waals surface area contributed by atoms with E-state index >= 15 is 0 Å². The van der Waals surface area contributed by atoms with E-state index in [-0.39, 0.29) is 6.04 Å². The molecule has 0 aliphatic heterocycles. The molecular weight excluding hydrogens is 224 g/mol. The summed E-state index contributed by atoms with van der Waals surface area (Å²) >= 11 is 0. The van der Waals surface area contributed by atoms with Crippen molar-refractivity contribution in [1.82, 2.24) is 15.2 Å². The van der Waals surface area contributed by atoms with Crippen LogP contribution in [0.3, 0.4) is 0 Å². The first kappa shape index (κ1) is 11.0. The fourth-order valence-corrected chi connectivity index (χ4v) is 2.29. The number of aromatic nitrogens is 3. The van der Waals surface area contributed by atoms with Gasteiger partial charge in [0.15, 0.2) is 0 Å². The van der Waals surface area contributed by atoms with Crippen LogP contribution < -0.4 is 5.73 Å². The van der Waals surface area contributed by atoms with E-state index in [9.17, 15) is 0 Å². The Morgan fingerprint density at radius 2 is 2.17 bits per heavy atom. The van der Waals surface area contributed by atoms with Crippen molar-refractivity contribution in [3.05, 3.63) is 42.4 Å². The second-order valence-electron chi connectivity index (χ2n) is 4.74. The lowest BCUT2D eigenvalue weighted by molar-refractivity contribution is 0.741. The van der Waals surface area contributed by atoms with Crippen molar-refractivity contribution >= 4 is 10.9 Å². The van der Waals surface area contributed by atoms with E-state index in [1.165, 1.54) is 10.9 Å². The number of nitrogens with one attached hydrogen (secondary N) is 2. The van der Waals surface area contributed by atoms with Gasteiger partial charge in [-0.25, -0.2) is 0 Å². The number of benzene rings is 1. The van der Waals surface area contributed by atoms with Crippen LogP contribution in [0, 0.1) is 0 Å². The minimum absolute atomic E-state index is 0.178. The third-order valence-corrected chi connectivity index (χ3v) is 3.14.